The number of hydrogen-bond acceptors (Lipinski definition) is 10. The molecule has 1 spiro atoms. The molecule has 0 radical (unpaired) electrons. The monoisotopic (exact) mass is 766 g/mol. The number of hydrogen-bond donors (Lipinski definition) is 3. The summed E-state index contributed by atoms with van der Waals surface area (Å²) in [4.78, 5) is 40.3. The first-order valence-corrected chi connectivity index (χ1v) is 20.6. The fourth-order valence-electron chi connectivity index (χ4n) is 13.6. The summed E-state index contributed by atoms with van der Waals surface area (Å²) in [7, 11) is 6.46. The third-order valence-corrected chi connectivity index (χ3v) is 15.9. The maximum Gasteiger partial charge on any atom is 0.340 e. The lowest BCUT2D eigenvalue weighted by Gasteiger charge is -2.64. The number of carbonyl (C=O) groups is 2. The standard InChI is InChI=1S/C45H58N4O7/c1-8-41(52)23-28-24-44(39(50)55-6,36-30(15-19-48(25-28)26-41)29-13-10-11-14-33(29)46-36)32-21-31-34(22-35(32)54-5)47(4)38-43(31)17-20-49-18-12-16-42(9-2,37(43)49)27(3)45(38,53)40(51)56-7/h10-14,16,21-22,27-28,37-38,46,52-53H,8-9,15,17-20,23-26H2,1-7H3/t27-,28?,37+,38-,41+,42+,43?,44+,45-/m1/s1. The Balaban J connectivity index is 1.36. The van der Waals surface area contributed by atoms with Gasteiger partial charge in [-0.25, -0.2) is 4.79 Å². The highest BCUT2D eigenvalue weighted by Crippen LogP contribution is 2.69. The van der Waals surface area contributed by atoms with Gasteiger partial charge in [0.1, 0.15) is 11.2 Å². The molecule has 6 aliphatic rings. The summed E-state index contributed by atoms with van der Waals surface area (Å²) < 4.78 is 17.9. The highest BCUT2D eigenvalue weighted by atomic mass is 16.5. The molecule has 1 aromatic heterocycles. The van der Waals surface area contributed by atoms with Crippen molar-refractivity contribution in [1.82, 2.24) is 14.8 Å². The van der Waals surface area contributed by atoms with E-state index in [2.05, 4.69) is 57.0 Å². The second-order valence-corrected chi connectivity index (χ2v) is 17.9. The number of esters is 2. The molecule has 2 bridgehead atoms. The normalized spacial score (nSPS) is 38.4. The molecule has 300 valence electrons. The van der Waals surface area contributed by atoms with Crippen LogP contribution in [0.15, 0.2) is 48.6 Å². The van der Waals surface area contributed by atoms with Crippen LogP contribution >= 0.6 is 0 Å². The number of methoxy groups -OCH3 is 3. The summed E-state index contributed by atoms with van der Waals surface area (Å²) in [5, 5.41) is 26.2. The Hall–Kier alpha value is -3.90. The van der Waals surface area contributed by atoms with Crippen LogP contribution < -0.4 is 9.64 Å². The maximum atomic E-state index is 15.3. The molecule has 3 aromatic rings. The minimum absolute atomic E-state index is 0.0235. The zero-order chi connectivity index (χ0) is 39.6. The number of piperidine rings is 1. The first-order chi connectivity index (χ1) is 26.8. The number of carbonyl (C=O) groups excluding carboxylic acids is 2. The Morgan fingerprint density at radius 1 is 0.964 bits per heavy atom. The van der Waals surface area contributed by atoms with E-state index in [1.54, 1.807) is 7.11 Å². The largest absolute Gasteiger partial charge is 0.496 e. The molecule has 11 heteroatoms. The van der Waals surface area contributed by atoms with E-state index in [0.29, 0.717) is 50.0 Å². The van der Waals surface area contributed by atoms with Gasteiger partial charge in [-0.15, -0.1) is 0 Å². The molecule has 11 nitrogen and oxygen atoms in total. The van der Waals surface area contributed by atoms with E-state index < -0.39 is 45.4 Å². The second kappa shape index (κ2) is 12.8. The number of anilines is 1. The number of aromatic nitrogens is 1. The molecule has 3 unspecified atom stereocenters. The van der Waals surface area contributed by atoms with E-state index in [9.17, 15) is 15.0 Å². The summed E-state index contributed by atoms with van der Waals surface area (Å²) in [6, 6.07) is 11.8. The fourth-order valence-corrected chi connectivity index (χ4v) is 13.6. The molecule has 3 N–H and O–H groups in total. The molecule has 10 atom stereocenters. The van der Waals surface area contributed by atoms with E-state index in [1.165, 1.54) is 14.2 Å². The molecular formula is C45H58N4O7. The third kappa shape index (κ3) is 4.60. The summed E-state index contributed by atoms with van der Waals surface area (Å²) in [6.45, 7) is 9.90. The minimum atomic E-state index is -1.85. The first-order valence-electron chi connectivity index (χ1n) is 20.6. The van der Waals surface area contributed by atoms with E-state index in [4.69, 9.17) is 14.2 Å². The number of ether oxygens (including phenoxy) is 3. The topological polar surface area (TPSA) is 128 Å². The van der Waals surface area contributed by atoms with Gasteiger partial charge >= 0.3 is 11.9 Å². The Morgan fingerprint density at radius 3 is 2.45 bits per heavy atom. The summed E-state index contributed by atoms with van der Waals surface area (Å²) in [5.74, 6) is -0.979. The average Bonchev–Trinajstić information content (AvgIpc) is 3.87. The van der Waals surface area contributed by atoms with Gasteiger partial charge in [0.25, 0.3) is 0 Å². The van der Waals surface area contributed by atoms with Crippen molar-refractivity contribution >= 4 is 28.5 Å². The first kappa shape index (κ1) is 37.7. The van der Waals surface area contributed by atoms with Gasteiger partial charge in [-0.05, 0) is 74.2 Å². The predicted octanol–water partition coefficient (Wildman–Crippen LogP) is 4.70. The molecule has 6 heterocycles. The summed E-state index contributed by atoms with van der Waals surface area (Å²) >= 11 is 0. The van der Waals surface area contributed by atoms with E-state index in [0.717, 1.165) is 66.0 Å². The molecule has 5 aliphatic heterocycles. The molecule has 3 fully saturated rings. The number of fused-ring (bicyclic) bond motifs is 6. The van der Waals surface area contributed by atoms with Crippen molar-refractivity contribution in [2.75, 3.05) is 66.0 Å². The minimum Gasteiger partial charge on any atom is -0.496 e. The molecule has 0 amide bonds. The van der Waals surface area contributed by atoms with Gasteiger partial charge in [0.15, 0.2) is 5.60 Å². The smallest absolute Gasteiger partial charge is 0.340 e. The number of rotatable bonds is 6. The van der Waals surface area contributed by atoms with E-state index >= 15 is 4.79 Å². The fraction of sp³-hybridized carbons (Fsp3) is 0.600. The predicted molar refractivity (Wildman–Crippen MR) is 214 cm³/mol. The third-order valence-electron chi connectivity index (χ3n) is 15.9. The van der Waals surface area contributed by atoms with Crippen molar-refractivity contribution in [2.24, 2.45) is 17.3 Å². The molecule has 1 saturated carbocycles. The Morgan fingerprint density at radius 2 is 1.73 bits per heavy atom. The van der Waals surface area contributed by atoms with Crippen LogP contribution in [0.2, 0.25) is 0 Å². The lowest BCUT2D eigenvalue weighted by molar-refractivity contribution is -0.197. The molecule has 56 heavy (non-hydrogen) atoms. The van der Waals surface area contributed by atoms with Gasteiger partial charge in [0, 0.05) is 89.9 Å². The van der Waals surface area contributed by atoms with Crippen LogP contribution in [-0.4, -0.2) is 121 Å². The highest BCUT2D eigenvalue weighted by Gasteiger charge is 2.78. The van der Waals surface area contributed by atoms with Crippen LogP contribution in [0, 0.1) is 17.3 Å². The summed E-state index contributed by atoms with van der Waals surface area (Å²) in [6.07, 6.45) is 8.16. The van der Waals surface area contributed by atoms with E-state index in [1.807, 2.05) is 39.1 Å². The van der Waals surface area contributed by atoms with Crippen LogP contribution in [0.3, 0.4) is 0 Å². The Labute approximate surface area is 329 Å². The van der Waals surface area contributed by atoms with Crippen LogP contribution in [0.1, 0.15) is 75.3 Å². The maximum absolute atomic E-state index is 15.3. The van der Waals surface area contributed by atoms with Crippen LogP contribution in [-0.2, 0) is 36.3 Å². The van der Waals surface area contributed by atoms with Crippen LogP contribution in [0.25, 0.3) is 10.9 Å². The molecule has 2 aromatic carbocycles. The number of benzene rings is 2. The van der Waals surface area contributed by atoms with Crippen molar-refractivity contribution in [3.05, 3.63) is 70.9 Å². The van der Waals surface area contributed by atoms with Crippen molar-refractivity contribution in [2.45, 2.75) is 93.4 Å². The number of likely N-dealkylation sites (N-methyl/N-ethyl adjacent to an activating group) is 1. The van der Waals surface area contributed by atoms with Crippen LogP contribution in [0.5, 0.6) is 5.75 Å². The van der Waals surface area contributed by atoms with Crippen molar-refractivity contribution < 1.29 is 34.0 Å². The molecule has 1 aliphatic carbocycles. The number of aliphatic hydroxyl groups is 2. The van der Waals surface area contributed by atoms with Crippen LogP contribution in [0.4, 0.5) is 5.69 Å². The molecule has 9 rings (SSSR count). The van der Waals surface area contributed by atoms with Crippen molar-refractivity contribution in [3.8, 4) is 5.75 Å². The quantitative estimate of drug-likeness (QED) is 0.240. The van der Waals surface area contributed by atoms with Gasteiger partial charge in [-0.1, -0.05) is 51.1 Å². The lowest BCUT2D eigenvalue weighted by atomic mass is 9.45. The number of nitrogens with zero attached hydrogens (tertiary/aromatic N) is 3. The SMILES string of the molecule is CC[C@]1(O)CC2CN(CCc3c([nH]c4ccccc34)[C@@](C(=O)OC)(c3cc4c(cc3OC)N(C)[C@@H]3C45CCN4CC=C[C@](CC)([C@H]45)[C@@H](C)[C@]3(O)C(=O)OC)C2)C1. The Kier molecular flexibility index (Phi) is 8.61. The van der Waals surface area contributed by atoms with Crippen molar-refractivity contribution in [3.63, 3.8) is 0 Å². The zero-order valence-corrected chi connectivity index (χ0v) is 34.0. The molecular weight excluding hydrogens is 709 g/mol. The second-order valence-electron chi connectivity index (χ2n) is 17.9. The van der Waals surface area contributed by atoms with Gasteiger partial charge in [0.05, 0.1) is 33.0 Å². The zero-order valence-electron chi connectivity index (χ0n) is 34.0. The number of para-hydroxylation sites is 1. The van der Waals surface area contributed by atoms with E-state index in [-0.39, 0.29) is 17.9 Å². The van der Waals surface area contributed by atoms with Crippen molar-refractivity contribution in [1.29, 1.82) is 0 Å². The van der Waals surface area contributed by atoms with Gasteiger partial charge in [0.2, 0.25) is 0 Å². The summed E-state index contributed by atoms with van der Waals surface area (Å²) in [5.41, 5.74) is 0.0814. The molecule has 2 saturated heterocycles. The van der Waals surface area contributed by atoms with Gasteiger partial charge in [-0.2, -0.15) is 0 Å². The Bertz CT molecular complexity index is 2130. The number of aromatic amines is 1. The van der Waals surface area contributed by atoms with Gasteiger partial charge < -0.3 is 34.3 Å². The highest BCUT2D eigenvalue weighted by molar-refractivity contribution is 5.94. The lowest BCUT2D eigenvalue weighted by Crippen LogP contribution is -2.78. The average molecular weight is 767 g/mol. The number of H-pyrrole nitrogens is 1. The van der Waals surface area contributed by atoms with Gasteiger partial charge in [-0.3, -0.25) is 14.6 Å². The number of nitrogens with one attached hydrogen (secondary N) is 1.